The van der Waals surface area contributed by atoms with E-state index in [2.05, 4.69) is 11.9 Å². The molecule has 0 saturated carbocycles. The van der Waals surface area contributed by atoms with Crippen molar-refractivity contribution < 1.29 is 19.2 Å². The van der Waals surface area contributed by atoms with E-state index in [9.17, 15) is 19.2 Å². The number of benzene rings is 2. The van der Waals surface area contributed by atoms with Gasteiger partial charge in [0.15, 0.2) is 0 Å². The maximum Gasteiger partial charge on any atom is 0.257 e. The predicted molar refractivity (Wildman–Crippen MR) is 114 cm³/mol. The van der Waals surface area contributed by atoms with Gasteiger partial charge in [0, 0.05) is 24.7 Å². The first kappa shape index (κ1) is 21.0. The largest absolute Gasteiger partial charge is 0.326 e. The van der Waals surface area contributed by atoms with Crippen LogP contribution in [0.2, 0.25) is 0 Å². The highest BCUT2D eigenvalue weighted by molar-refractivity contribution is 6.23. The summed E-state index contributed by atoms with van der Waals surface area (Å²) < 4.78 is 0. The van der Waals surface area contributed by atoms with Gasteiger partial charge in [-0.25, -0.2) is 4.90 Å². The van der Waals surface area contributed by atoms with Gasteiger partial charge in [0.1, 0.15) is 6.04 Å². The number of carbonyl (C=O) groups is 4. The van der Waals surface area contributed by atoms with Gasteiger partial charge in [-0.15, -0.1) is 6.58 Å². The molecule has 1 N–H and O–H groups in total. The summed E-state index contributed by atoms with van der Waals surface area (Å²) in [5.74, 6) is -1.38. The van der Waals surface area contributed by atoms with Crippen molar-refractivity contribution in [2.75, 3.05) is 16.8 Å². The molecule has 4 amide bonds. The second kappa shape index (κ2) is 8.73. The van der Waals surface area contributed by atoms with Gasteiger partial charge in [-0.2, -0.15) is 0 Å². The van der Waals surface area contributed by atoms with Crippen LogP contribution >= 0.6 is 0 Å². The van der Waals surface area contributed by atoms with Crippen LogP contribution in [0.25, 0.3) is 0 Å². The summed E-state index contributed by atoms with van der Waals surface area (Å²) in [6.45, 7) is 7.05. The smallest absolute Gasteiger partial charge is 0.257 e. The Bertz CT molecular complexity index is 1010. The number of anilines is 2. The summed E-state index contributed by atoms with van der Waals surface area (Å²) in [6, 6.07) is 12.6. The first-order chi connectivity index (χ1) is 14.3. The van der Waals surface area contributed by atoms with Gasteiger partial charge in [0.2, 0.25) is 11.8 Å². The minimum Gasteiger partial charge on any atom is -0.326 e. The molecule has 0 spiro atoms. The summed E-state index contributed by atoms with van der Waals surface area (Å²) in [6.07, 6.45) is 1.44. The van der Waals surface area contributed by atoms with Gasteiger partial charge in [-0.3, -0.25) is 19.2 Å². The van der Waals surface area contributed by atoms with Crippen molar-refractivity contribution in [1.29, 1.82) is 0 Å². The molecule has 0 aliphatic carbocycles. The zero-order valence-electron chi connectivity index (χ0n) is 16.9. The highest BCUT2D eigenvalue weighted by atomic mass is 16.2. The van der Waals surface area contributed by atoms with Gasteiger partial charge in [-0.1, -0.05) is 24.3 Å². The van der Waals surface area contributed by atoms with Crippen LogP contribution in [0.3, 0.4) is 0 Å². The lowest BCUT2D eigenvalue weighted by molar-refractivity contribution is -0.122. The van der Waals surface area contributed by atoms with Crippen molar-refractivity contribution >= 4 is 35.0 Å². The lowest BCUT2D eigenvalue weighted by Crippen LogP contribution is -2.45. The van der Waals surface area contributed by atoms with Crippen LogP contribution < -0.4 is 10.2 Å². The zero-order chi connectivity index (χ0) is 21.8. The number of hydrogen-bond donors (Lipinski definition) is 1. The van der Waals surface area contributed by atoms with Crippen LogP contribution in [-0.4, -0.2) is 41.1 Å². The number of rotatable bonds is 6. The van der Waals surface area contributed by atoms with E-state index >= 15 is 0 Å². The number of hydrogen-bond acceptors (Lipinski definition) is 4. The number of nitrogens with one attached hydrogen (secondary N) is 1. The summed E-state index contributed by atoms with van der Waals surface area (Å²) in [5, 5.41) is 2.64. The Balaban J connectivity index is 1.87. The van der Waals surface area contributed by atoms with E-state index in [1.54, 1.807) is 42.5 Å². The molecule has 3 rings (SSSR count). The van der Waals surface area contributed by atoms with Gasteiger partial charge in [0.05, 0.1) is 12.1 Å². The molecule has 1 fully saturated rings. The second-order valence-corrected chi connectivity index (χ2v) is 7.08. The maximum absolute atomic E-state index is 13.1. The van der Waals surface area contributed by atoms with Crippen molar-refractivity contribution in [2.24, 2.45) is 0 Å². The van der Waals surface area contributed by atoms with Crippen molar-refractivity contribution in [2.45, 2.75) is 26.3 Å². The topological polar surface area (TPSA) is 86.8 Å². The first-order valence-corrected chi connectivity index (χ1v) is 9.55. The monoisotopic (exact) mass is 405 g/mol. The highest BCUT2D eigenvalue weighted by Gasteiger charge is 2.44. The van der Waals surface area contributed by atoms with Gasteiger partial charge >= 0.3 is 0 Å². The molecule has 1 aliphatic rings. The number of carbonyl (C=O) groups excluding carboxylic acids is 4. The Hall–Kier alpha value is -3.74. The van der Waals surface area contributed by atoms with Gasteiger partial charge in [-0.05, 0) is 42.8 Å². The average molecular weight is 405 g/mol. The third kappa shape index (κ3) is 4.15. The van der Waals surface area contributed by atoms with Crippen LogP contribution in [0.4, 0.5) is 11.4 Å². The van der Waals surface area contributed by atoms with Crippen molar-refractivity contribution in [3.05, 3.63) is 72.3 Å². The van der Waals surface area contributed by atoms with Crippen molar-refractivity contribution in [3.8, 4) is 0 Å². The lowest BCUT2D eigenvalue weighted by atomic mass is 10.1. The number of amides is 4. The highest BCUT2D eigenvalue weighted by Crippen LogP contribution is 2.28. The summed E-state index contributed by atoms with van der Waals surface area (Å²) >= 11 is 0. The fourth-order valence-electron chi connectivity index (χ4n) is 3.49. The minimum absolute atomic E-state index is 0.0995. The van der Waals surface area contributed by atoms with E-state index < -0.39 is 11.9 Å². The van der Waals surface area contributed by atoms with E-state index in [0.717, 1.165) is 10.5 Å². The molecule has 7 nitrogen and oxygen atoms in total. The average Bonchev–Trinajstić information content (AvgIpc) is 3.00. The zero-order valence-corrected chi connectivity index (χ0v) is 16.9. The SMILES string of the molecule is C=CCN(C(=O)c1ccccc1C)C1CC(=O)N(c2ccc(NC(C)=O)cc2)C1=O. The Labute approximate surface area is 175 Å². The first-order valence-electron chi connectivity index (χ1n) is 9.55. The van der Waals surface area contributed by atoms with Gasteiger partial charge in [0.25, 0.3) is 11.8 Å². The van der Waals surface area contributed by atoms with E-state index in [1.807, 2.05) is 19.1 Å². The molecule has 7 heteroatoms. The molecule has 2 aromatic rings. The maximum atomic E-state index is 13.1. The van der Waals surface area contributed by atoms with E-state index in [0.29, 0.717) is 16.9 Å². The van der Waals surface area contributed by atoms with E-state index in [4.69, 9.17) is 0 Å². The van der Waals surface area contributed by atoms with E-state index in [-0.39, 0.29) is 30.7 Å². The molecular weight excluding hydrogens is 382 g/mol. The van der Waals surface area contributed by atoms with Crippen LogP contribution in [0.15, 0.2) is 61.2 Å². The van der Waals surface area contributed by atoms with E-state index in [1.165, 1.54) is 11.8 Å². The summed E-state index contributed by atoms with van der Waals surface area (Å²) in [4.78, 5) is 52.6. The molecule has 30 heavy (non-hydrogen) atoms. The Morgan fingerprint density at radius 3 is 2.43 bits per heavy atom. The third-order valence-electron chi connectivity index (χ3n) is 4.91. The Morgan fingerprint density at radius 1 is 1.17 bits per heavy atom. The fraction of sp³-hybridized carbons (Fsp3) is 0.217. The second-order valence-electron chi connectivity index (χ2n) is 7.08. The molecule has 1 aliphatic heterocycles. The van der Waals surface area contributed by atoms with Crippen LogP contribution in [0, 0.1) is 6.92 Å². The molecule has 0 bridgehead atoms. The Kier molecular flexibility index (Phi) is 6.11. The normalized spacial score (nSPS) is 15.8. The van der Waals surface area contributed by atoms with Crippen LogP contribution in [0.1, 0.15) is 29.3 Å². The third-order valence-corrected chi connectivity index (χ3v) is 4.91. The molecule has 0 radical (unpaired) electrons. The van der Waals surface area contributed by atoms with Gasteiger partial charge < -0.3 is 10.2 Å². The standard InChI is InChI=1S/C23H23N3O4/c1-4-13-25(22(29)19-8-6-5-7-15(19)2)20-14-21(28)26(23(20)30)18-11-9-17(10-12-18)24-16(3)27/h4-12,20H,1,13-14H2,2-3H3,(H,24,27). The molecule has 2 aromatic carbocycles. The lowest BCUT2D eigenvalue weighted by Gasteiger charge is -2.27. The van der Waals surface area contributed by atoms with Crippen molar-refractivity contribution in [1.82, 2.24) is 4.90 Å². The summed E-state index contributed by atoms with van der Waals surface area (Å²) in [7, 11) is 0. The number of imide groups is 1. The van der Waals surface area contributed by atoms with Crippen molar-refractivity contribution in [3.63, 3.8) is 0 Å². The molecule has 1 heterocycles. The summed E-state index contributed by atoms with van der Waals surface area (Å²) in [5.41, 5.74) is 2.23. The molecule has 154 valence electrons. The fourth-order valence-corrected chi connectivity index (χ4v) is 3.49. The predicted octanol–water partition coefficient (Wildman–Crippen LogP) is 2.91. The molecular formula is C23H23N3O4. The van der Waals surface area contributed by atoms with Crippen LogP contribution in [0.5, 0.6) is 0 Å². The van der Waals surface area contributed by atoms with Crippen LogP contribution in [-0.2, 0) is 14.4 Å². The number of aryl methyl sites for hydroxylation is 1. The molecule has 0 aromatic heterocycles. The molecule has 1 saturated heterocycles. The molecule has 1 unspecified atom stereocenters. The minimum atomic E-state index is -0.905. The number of nitrogens with zero attached hydrogens (tertiary/aromatic N) is 2. The quantitative estimate of drug-likeness (QED) is 0.591. The molecule has 1 atom stereocenters. The Morgan fingerprint density at radius 2 is 1.83 bits per heavy atom.